The molecule has 172 valence electrons. The van der Waals surface area contributed by atoms with Crippen LogP contribution in [0.5, 0.6) is 0 Å². The van der Waals surface area contributed by atoms with E-state index in [0.29, 0.717) is 46.5 Å². The van der Waals surface area contributed by atoms with Gasteiger partial charge in [-0.25, -0.2) is 9.97 Å². The maximum Gasteiger partial charge on any atom is 0.255 e. The summed E-state index contributed by atoms with van der Waals surface area (Å²) in [5, 5.41) is 4.22. The molecule has 0 saturated carbocycles. The molecular formula is C25H22Cl2N6O. The molecule has 0 aliphatic carbocycles. The third-order valence-electron chi connectivity index (χ3n) is 5.77. The largest absolute Gasteiger partial charge is 0.348 e. The van der Waals surface area contributed by atoms with E-state index in [1.54, 1.807) is 29.0 Å². The molecule has 1 aliphatic heterocycles. The average molecular weight is 493 g/mol. The number of fused-ring (bicyclic) bond motifs is 1. The van der Waals surface area contributed by atoms with Gasteiger partial charge in [0.1, 0.15) is 5.82 Å². The van der Waals surface area contributed by atoms with E-state index in [1.807, 2.05) is 29.2 Å². The minimum atomic E-state index is -0.124. The topological polar surface area (TPSA) is 75.9 Å². The number of aromatic nitrogens is 4. The van der Waals surface area contributed by atoms with E-state index in [4.69, 9.17) is 33.2 Å². The Morgan fingerprint density at radius 3 is 2.59 bits per heavy atom. The maximum atomic E-state index is 12.9. The molecule has 0 amide bonds. The van der Waals surface area contributed by atoms with Gasteiger partial charge in [-0.05, 0) is 37.1 Å². The van der Waals surface area contributed by atoms with Gasteiger partial charge in [0.15, 0.2) is 0 Å². The molecule has 1 unspecified atom stereocenters. The van der Waals surface area contributed by atoms with E-state index < -0.39 is 0 Å². The Morgan fingerprint density at radius 1 is 0.971 bits per heavy atom. The number of halogens is 2. The molecule has 1 N–H and O–H groups in total. The fourth-order valence-electron chi connectivity index (χ4n) is 4.01. The average Bonchev–Trinajstić information content (AvgIpc) is 2.86. The quantitative estimate of drug-likeness (QED) is 0.383. The molecule has 0 bridgehead atoms. The Morgan fingerprint density at radius 2 is 1.79 bits per heavy atom. The SMILES string of the molecule is CC(Nc1nccc(N2CCCn3c2nc(-c2ccc(Cl)c(Cl)c2)cc3=O)n1)c1ccccc1. The van der Waals surface area contributed by atoms with Crippen LogP contribution in [0.25, 0.3) is 11.3 Å². The van der Waals surface area contributed by atoms with Crippen molar-refractivity contribution in [1.82, 2.24) is 19.5 Å². The Labute approximate surface area is 207 Å². The fourth-order valence-corrected chi connectivity index (χ4v) is 4.30. The summed E-state index contributed by atoms with van der Waals surface area (Å²) in [7, 11) is 0. The lowest BCUT2D eigenvalue weighted by molar-refractivity contribution is 0.561. The molecule has 5 rings (SSSR count). The lowest BCUT2D eigenvalue weighted by atomic mass is 10.1. The summed E-state index contributed by atoms with van der Waals surface area (Å²) in [6, 6.07) is 18.7. The first-order valence-corrected chi connectivity index (χ1v) is 11.7. The van der Waals surface area contributed by atoms with Crippen LogP contribution in [0, 0.1) is 0 Å². The lowest BCUT2D eigenvalue weighted by Crippen LogP contribution is -2.36. The normalized spacial score (nSPS) is 13.9. The summed E-state index contributed by atoms with van der Waals surface area (Å²) in [5.74, 6) is 1.72. The minimum absolute atomic E-state index is 0.0343. The molecule has 0 fully saturated rings. The van der Waals surface area contributed by atoms with Gasteiger partial charge in [0.2, 0.25) is 11.9 Å². The summed E-state index contributed by atoms with van der Waals surface area (Å²) in [5.41, 5.74) is 2.27. The molecule has 3 heterocycles. The van der Waals surface area contributed by atoms with Gasteiger partial charge in [-0.15, -0.1) is 0 Å². The van der Waals surface area contributed by atoms with Crippen LogP contribution >= 0.6 is 23.2 Å². The number of benzene rings is 2. The van der Waals surface area contributed by atoms with Crippen LogP contribution < -0.4 is 15.8 Å². The van der Waals surface area contributed by atoms with Crippen molar-refractivity contribution in [3.05, 3.63) is 92.8 Å². The number of nitrogens with zero attached hydrogens (tertiary/aromatic N) is 5. The van der Waals surface area contributed by atoms with Gasteiger partial charge >= 0.3 is 0 Å². The van der Waals surface area contributed by atoms with E-state index in [9.17, 15) is 4.79 Å². The summed E-state index contributed by atoms with van der Waals surface area (Å²) in [4.78, 5) is 28.8. The lowest BCUT2D eigenvalue weighted by Gasteiger charge is -2.30. The molecule has 2 aromatic heterocycles. The molecule has 9 heteroatoms. The van der Waals surface area contributed by atoms with Gasteiger partial charge in [-0.1, -0.05) is 59.6 Å². The summed E-state index contributed by atoms with van der Waals surface area (Å²) < 4.78 is 1.67. The molecule has 2 aromatic carbocycles. The third-order valence-corrected chi connectivity index (χ3v) is 6.51. The first kappa shape index (κ1) is 22.4. The molecule has 34 heavy (non-hydrogen) atoms. The van der Waals surface area contributed by atoms with Crippen molar-refractivity contribution >= 4 is 40.9 Å². The van der Waals surface area contributed by atoms with E-state index in [0.717, 1.165) is 17.5 Å². The molecule has 0 spiro atoms. The molecule has 0 saturated heterocycles. The van der Waals surface area contributed by atoms with Gasteiger partial charge in [-0.3, -0.25) is 14.3 Å². The van der Waals surface area contributed by atoms with Gasteiger partial charge in [0.05, 0.1) is 21.8 Å². The summed E-state index contributed by atoms with van der Waals surface area (Å²) in [6.45, 7) is 3.34. The molecule has 4 aromatic rings. The van der Waals surface area contributed by atoms with Gasteiger partial charge < -0.3 is 5.32 Å². The second-order valence-electron chi connectivity index (χ2n) is 8.08. The zero-order chi connectivity index (χ0) is 23.7. The monoisotopic (exact) mass is 492 g/mol. The van der Waals surface area contributed by atoms with Crippen LogP contribution in [0.4, 0.5) is 17.7 Å². The predicted octanol–water partition coefficient (Wildman–Crippen LogP) is 5.72. The van der Waals surface area contributed by atoms with Crippen LogP contribution in [0.2, 0.25) is 10.0 Å². The van der Waals surface area contributed by atoms with Crippen LogP contribution in [0.15, 0.2) is 71.7 Å². The Balaban J connectivity index is 1.49. The van der Waals surface area contributed by atoms with Crippen LogP contribution in [-0.4, -0.2) is 26.1 Å². The molecule has 1 aliphatic rings. The van der Waals surface area contributed by atoms with Crippen LogP contribution in [0.3, 0.4) is 0 Å². The van der Waals surface area contributed by atoms with Gasteiger partial charge in [0, 0.05) is 30.9 Å². The highest BCUT2D eigenvalue weighted by molar-refractivity contribution is 6.42. The van der Waals surface area contributed by atoms with E-state index in [-0.39, 0.29) is 11.6 Å². The molecule has 1 atom stereocenters. The Hall–Kier alpha value is -3.42. The van der Waals surface area contributed by atoms with E-state index in [1.165, 1.54) is 6.07 Å². The summed E-state index contributed by atoms with van der Waals surface area (Å²) in [6.07, 6.45) is 2.51. The smallest absolute Gasteiger partial charge is 0.255 e. The van der Waals surface area contributed by atoms with Crippen LogP contribution in [-0.2, 0) is 6.54 Å². The number of nitrogens with one attached hydrogen (secondary N) is 1. The Bertz CT molecular complexity index is 1390. The van der Waals surface area contributed by atoms with Crippen LogP contribution in [0.1, 0.15) is 24.9 Å². The summed E-state index contributed by atoms with van der Waals surface area (Å²) >= 11 is 12.3. The highest BCUT2D eigenvalue weighted by Crippen LogP contribution is 2.31. The molecule has 7 nitrogen and oxygen atoms in total. The van der Waals surface area contributed by atoms with Crippen molar-refractivity contribution in [3.63, 3.8) is 0 Å². The van der Waals surface area contributed by atoms with Crippen molar-refractivity contribution < 1.29 is 0 Å². The van der Waals surface area contributed by atoms with Crippen molar-refractivity contribution in [2.75, 3.05) is 16.8 Å². The number of hydrogen-bond acceptors (Lipinski definition) is 6. The number of hydrogen-bond donors (Lipinski definition) is 1. The predicted molar refractivity (Wildman–Crippen MR) is 136 cm³/mol. The van der Waals surface area contributed by atoms with Crippen molar-refractivity contribution in [3.8, 4) is 11.3 Å². The minimum Gasteiger partial charge on any atom is -0.348 e. The fraction of sp³-hybridized carbons (Fsp3) is 0.200. The van der Waals surface area contributed by atoms with Gasteiger partial charge in [-0.2, -0.15) is 4.98 Å². The second-order valence-corrected chi connectivity index (χ2v) is 8.89. The third kappa shape index (κ3) is 4.49. The second kappa shape index (κ2) is 9.44. The van der Waals surface area contributed by atoms with Crippen molar-refractivity contribution in [2.24, 2.45) is 0 Å². The molecule has 0 radical (unpaired) electrons. The zero-order valence-corrected chi connectivity index (χ0v) is 20.0. The van der Waals surface area contributed by atoms with Crippen molar-refractivity contribution in [1.29, 1.82) is 0 Å². The molecular weight excluding hydrogens is 471 g/mol. The number of anilines is 3. The highest BCUT2D eigenvalue weighted by atomic mass is 35.5. The maximum absolute atomic E-state index is 12.9. The first-order valence-electron chi connectivity index (χ1n) is 11.0. The zero-order valence-electron chi connectivity index (χ0n) is 18.4. The van der Waals surface area contributed by atoms with Gasteiger partial charge in [0.25, 0.3) is 5.56 Å². The van der Waals surface area contributed by atoms with E-state index in [2.05, 4.69) is 29.4 Å². The highest BCUT2D eigenvalue weighted by Gasteiger charge is 2.23. The first-order chi connectivity index (χ1) is 16.5. The Kier molecular flexibility index (Phi) is 6.22. The standard InChI is InChI=1S/C25H22Cl2N6O/c1-16(17-6-3-2-4-7-17)29-24-28-11-10-22(31-24)32-12-5-13-33-23(34)15-21(30-25(32)33)18-8-9-19(26)20(27)14-18/h2-4,6-11,14-16H,5,12-13H2,1H3,(H,28,29,31). The van der Waals surface area contributed by atoms with E-state index >= 15 is 0 Å². The van der Waals surface area contributed by atoms with Crippen molar-refractivity contribution in [2.45, 2.75) is 25.9 Å². The number of rotatable bonds is 5.